The minimum absolute atomic E-state index is 0.613. The third-order valence-electron chi connectivity index (χ3n) is 4.55. The molecule has 1 saturated heterocycles. The second-order valence-electron chi connectivity index (χ2n) is 5.89. The van der Waals surface area contributed by atoms with Crippen molar-refractivity contribution in [1.29, 1.82) is 0 Å². The summed E-state index contributed by atoms with van der Waals surface area (Å²) in [6.45, 7) is 2.41. The molecule has 2 fully saturated rings. The van der Waals surface area contributed by atoms with Gasteiger partial charge >= 0.3 is 0 Å². The van der Waals surface area contributed by atoms with E-state index >= 15 is 0 Å². The van der Waals surface area contributed by atoms with Gasteiger partial charge in [0.1, 0.15) is 0 Å². The average Bonchev–Trinajstić information content (AvgIpc) is 3.16. The summed E-state index contributed by atoms with van der Waals surface area (Å²) < 4.78 is 0. The van der Waals surface area contributed by atoms with Gasteiger partial charge in [0.05, 0.1) is 4.88 Å². The molecule has 1 aromatic carbocycles. The van der Waals surface area contributed by atoms with Crippen molar-refractivity contribution in [2.24, 2.45) is 11.8 Å². The highest BCUT2D eigenvalue weighted by atomic mass is 32.1. The lowest BCUT2D eigenvalue weighted by Gasteiger charge is -2.12. The topological polar surface area (TPSA) is 37.0 Å². The summed E-state index contributed by atoms with van der Waals surface area (Å²) >= 11 is 1.76. The number of hydrogen-bond acceptors (Lipinski definition) is 4. The van der Waals surface area contributed by atoms with Gasteiger partial charge < -0.3 is 10.6 Å². The first-order valence-corrected chi connectivity index (χ1v) is 8.18. The molecule has 2 aromatic rings. The Bertz CT molecular complexity index is 568. The van der Waals surface area contributed by atoms with E-state index < -0.39 is 0 Å². The van der Waals surface area contributed by atoms with Crippen LogP contribution < -0.4 is 10.6 Å². The first kappa shape index (κ1) is 12.4. The molecular weight excluding hydrogens is 266 g/mol. The molecule has 104 valence electrons. The predicted molar refractivity (Wildman–Crippen MR) is 84.0 cm³/mol. The van der Waals surface area contributed by atoms with Crippen molar-refractivity contribution < 1.29 is 0 Å². The Balaban J connectivity index is 1.44. The van der Waals surface area contributed by atoms with Gasteiger partial charge in [0.15, 0.2) is 5.13 Å². The van der Waals surface area contributed by atoms with Crippen LogP contribution in [0.4, 0.5) is 5.13 Å². The highest BCUT2D eigenvalue weighted by Gasteiger charge is 2.37. The average molecular weight is 285 g/mol. The summed E-state index contributed by atoms with van der Waals surface area (Å²) in [5.41, 5.74) is 1.26. The summed E-state index contributed by atoms with van der Waals surface area (Å²) in [5, 5.41) is 8.20. The van der Waals surface area contributed by atoms with E-state index in [-0.39, 0.29) is 0 Å². The lowest BCUT2D eigenvalue weighted by atomic mass is 10.0. The number of nitrogens with one attached hydrogen (secondary N) is 2. The molecular formula is C16H19N3S. The van der Waals surface area contributed by atoms with Crippen LogP contribution in [-0.4, -0.2) is 24.1 Å². The molecule has 1 aromatic heterocycles. The molecule has 4 rings (SSSR count). The Morgan fingerprint density at radius 2 is 1.85 bits per heavy atom. The Morgan fingerprint density at radius 1 is 1.10 bits per heavy atom. The van der Waals surface area contributed by atoms with E-state index in [2.05, 4.69) is 45.9 Å². The first-order valence-electron chi connectivity index (χ1n) is 7.37. The molecule has 3 atom stereocenters. The summed E-state index contributed by atoms with van der Waals surface area (Å²) in [5.74, 6) is 1.75. The second-order valence-corrected chi connectivity index (χ2v) is 6.92. The standard InChI is InChI=1S/C16H19N3S/c1-2-4-11(5-3-1)15-10-18-16(20-15)19-14-6-12-8-17-9-13(12)7-14/h1-5,10,12-14,17H,6-9H2,(H,18,19)/t12-,13+,14+. The molecule has 1 saturated carbocycles. The number of aromatic nitrogens is 1. The fourth-order valence-corrected chi connectivity index (χ4v) is 4.43. The lowest BCUT2D eigenvalue weighted by Crippen LogP contribution is -2.20. The van der Waals surface area contributed by atoms with Gasteiger partial charge in [0.25, 0.3) is 0 Å². The summed E-state index contributed by atoms with van der Waals surface area (Å²) in [4.78, 5) is 5.79. The minimum atomic E-state index is 0.613. The van der Waals surface area contributed by atoms with Crippen molar-refractivity contribution in [1.82, 2.24) is 10.3 Å². The molecule has 2 aliphatic rings. The van der Waals surface area contributed by atoms with E-state index in [0.717, 1.165) is 17.0 Å². The van der Waals surface area contributed by atoms with E-state index in [0.29, 0.717) is 6.04 Å². The number of benzene rings is 1. The van der Waals surface area contributed by atoms with Crippen LogP contribution in [0, 0.1) is 11.8 Å². The van der Waals surface area contributed by atoms with Crippen molar-refractivity contribution in [2.45, 2.75) is 18.9 Å². The molecule has 0 radical (unpaired) electrons. The van der Waals surface area contributed by atoms with Gasteiger partial charge in [-0.25, -0.2) is 4.98 Å². The molecule has 2 N–H and O–H groups in total. The monoisotopic (exact) mass is 285 g/mol. The van der Waals surface area contributed by atoms with Gasteiger partial charge in [-0.15, -0.1) is 0 Å². The van der Waals surface area contributed by atoms with Gasteiger partial charge in [-0.2, -0.15) is 0 Å². The van der Waals surface area contributed by atoms with Crippen LogP contribution in [0.25, 0.3) is 10.4 Å². The summed E-state index contributed by atoms with van der Waals surface area (Å²) in [6, 6.07) is 11.1. The third-order valence-corrected chi connectivity index (χ3v) is 5.52. The summed E-state index contributed by atoms with van der Waals surface area (Å²) in [6.07, 6.45) is 4.56. The maximum atomic E-state index is 4.54. The minimum Gasteiger partial charge on any atom is -0.359 e. The maximum Gasteiger partial charge on any atom is 0.183 e. The van der Waals surface area contributed by atoms with Gasteiger partial charge in [-0.3, -0.25) is 0 Å². The quantitative estimate of drug-likeness (QED) is 0.909. The zero-order chi connectivity index (χ0) is 13.4. The summed E-state index contributed by atoms with van der Waals surface area (Å²) in [7, 11) is 0. The molecule has 1 aliphatic carbocycles. The molecule has 4 heteroatoms. The number of nitrogens with zero attached hydrogens (tertiary/aromatic N) is 1. The third kappa shape index (κ3) is 2.34. The SMILES string of the molecule is c1ccc(-c2cnc(N[C@@H]3C[C@H]4CNC[C@H]4C3)s2)cc1. The Labute approximate surface area is 123 Å². The molecule has 0 bridgehead atoms. The van der Waals surface area contributed by atoms with Crippen molar-refractivity contribution in [3.63, 3.8) is 0 Å². The van der Waals surface area contributed by atoms with Crippen molar-refractivity contribution in [2.75, 3.05) is 18.4 Å². The van der Waals surface area contributed by atoms with Crippen molar-refractivity contribution >= 4 is 16.5 Å². The number of hydrogen-bond donors (Lipinski definition) is 2. The van der Waals surface area contributed by atoms with E-state index in [1.165, 1.54) is 36.4 Å². The molecule has 1 aliphatic heterocycles. The van der Waals surface area contributed by atoms with Gasteiger partial charge in [-0.05, 0) is 43.3 Å². The number of anilines is 1. The van der Waals surface area contributed by atoms with Crippen LogP contribution in [0.1, 0.15) is 12.8 Å². The van der Waals surface area contributed by atoms with Gasteiger partial charge in [0, 0.05) is 12.2 Å². The van der Waals surface area contributed by atoms with Crippen molar-refractivity contribution in [3.05, 3.63) is 36.5 Å². The maximum absolute atomic E-state index is 4.54. The molecule has 2 heterocycles. The van der Waals surface area contributed by atoms with Gasteiger partial charge in [-0.1, -0.05) is 41.7 Å². The number of rotatable bonds is 3. The van der Waals surface area contributed by atoms with Crippen LogP contribution in [0.3, 0.4) is 0 Å². The van der Waals surface area contributed by atoms with Crippen LogP contribution in [0.5, 0.6) is 0 Å². The van der Waals surface area contributed by atoms with Crippen LogP contribution >= 0.6 is 11.3 Å². The fraction of sp³-hybridized carbons (Fsp3) is 0.438. The normalized spacial score (nSPS) is 28.5. The number of thiazole rings is 1. The molecule has 3 nitrogen and oxygen atoms in total. The highest BCUT2D eigenvalue weighted by Crippen LogP contribution is 2.37. The van der Waals surface area contributed by atoms with Crippen LogP contribution in [0.15, 0.2) is 36.5 Å². The van der Waals surface area contributed by atoms with E-state index in [4.69, 9.17) is 0 Å². The van der Waals surface area contributed by atoms with Crippen molar-refractivity contribution in [3.8, 4) is 10.4 Å². The highest BCUT2D eigenvalue weighted by molar-refractivity contribution is 7.18. The number of fused-ring (bicyclic) bond motifs is 1. The van der Waals surface area contributed by atoms with E-state index in [9.17, 15) is 0 Å². The second kappa shape index (κ2) is 5.19. The zero-order valence-corrected chi connectivity index (χ0v) is 12.2. The van der Waals surface area contributed by atoms with E-state index in [1.807, 2.05) is 6.20 Å². The Hall–Kier alpha value is -1.39. The smallest absolute Gasteiger partial charge is 0.183 e. The van der Waals surface area contributed by atoms with Gasteiger partial charge in [0.2, 0.25) is 0 Å². The predicted octanol–water partition coefficient (Wildman–Crippen LogP) is 3.22. The lowest BCUT2D eigenvalue weighted by molar-refractivity contribution is 0.494. The first-order chi connectivity index (χ1) is 9.88. The van der Waals surface area contributed by atoms with E-state index in [1.54, 1.807) is 11.3 Å². The zero-order valence-electron chi connectivity index (χ0n) is 11.4. The molecule has 0 spiro atoms. The Morgan fingerprint density at radius 3 is 2.60 bits per heavy atom. The molecule has 0 amide bonds. The largest absolute Gasteiger partial charge is 0.359 e. The fourth-order valence-electron chi connectivity index (χ4n) is 3.54. The Kier molecular flexibility index (Phi) is 3.20. The van der Waals surface area contributed by atoms with Crippen LogP contribution in [0.2, 0.25) is 0 Å². The molecule has 0 unspecified atom stereocenters. The van der Waals surface area contributed by atoms with Crippen LogP contribution in [-0.2, 0) is 0 Å². The molecule has 20 heavy (non-hydrogen) atoms.